The molecule has 0 fully saturated rings. The van der Waals surface area contributed by atoms with Crippen molar-refractivity contribution in [1.82, 2.24) is 0 Å². The van der Waals surface area contributed by atoms with Crippen LogP contribution in [0.1, 0.15) is 43.9 Å². The van der Waals surface area contributed by atoms with Crippen molar-refractivity contribution in [3.8, 4) is 0 Å². The number of carboxylic acids is 1. The van der Waals surface area contributed by atoms with Crippen LogP contribution in [0.3, 0.4) is 0 Å². The first-order valence-electron chi connectivity index (χ1n) is 7.33. The number of carboxylic acid groups (broad SMARTS) is 1. The summed E-state index contributed by atoms with van der Waals surface area (Å²) in [6.45, 7) is 7.78. The average Bonchev–Trinajstić information content (AvgIpc) is 2.84. The van der Waals surface area contributed by atoms with Gasteiger partial charge in [0.15, 0.2) is 5.41 Å². The van der Waals surface area contributed by atoms with Crippen LogP contribution in [0.4, 0.5) is 0 Å². The minimum Gasteiger partial charge on any atom is -0.480 e. The van der Waals surface area contributed by atoms with Crippen LogP contribution in [-0.4, -0.2) is 23.7 Å². The van der Waals surface area contributed by atoms with Gasteiger partial charge in [0.05, 0.1) is 6.61 Å². The predicted octanol–water partition coefficient (Wildman–Crippen LogP) is 3.53. The average molecular weight is 312 g/mol. The zero-order valence-electron chi connectivity index (χ0n) is 13.1. The number of rotatable bonds is 8. The van der Waals surface area contributed by atoms with E-state index in [0.29, 0.717) is 0 Å². The van der Waals surface area contributed by atoms with E-state index in [4.69, 9.17) is 4.74 Å². The van der Waals surface area contributed by atoms with Crippen molar-refractivity contribution in [3.63, 3.8) is 0 Å². The van der Waals surface area contributed by atoms with Crippen LogP contribution in [0.5, 0.6) is 0 Å². The van der Waals surface area contributed by atoms with E-state index in [2.05, 4.69) is 6.92 Å². The van der Waals surface area contributed by atoms with Gasteiger partial charge >= 0.3 is 11.9 Å². The lowest BCUT2D eigenvalue weighted by Crippen LogP contribution is -2.43. The Labute approximate surface area is 130 Å². The molecule has 0 bridgehead atoms. The van der Waals surface area contributed by atoms with Crippen molar-refractivity contribution in [3.05, 3.63) is 21.9 Å². The van der Waals surface area contributed by atoms with Gasteiger partial charge in [-0.15, -0.1) is 11.3 Å². The molecule has 0 aliphatic carbocycles. The van der Waals surface area contributed by atoms with Crippen molar-refractivity contribution in [2.45, 2.75) is 47.0 Å². The first kappa shape index (κ1) is 17.7. The highest BCUT2D eigenvalue weighted by Gasteiger charge is 2.48. The number of hydrogen-bond acceptors (Lipinski definition) is 4. The van der Waals surface area contributed by atoms with Gasteiger partial charge in [-0.25, -0.2) is 0 Å². The van der Waals surface area contributed by atoms with Crippen molar-refractivity contribution in [2.75, 3.05) is 6.61 Å². The van der Waals surface area contributed by atoms with Crippen LogP contribution < -0.4 is 0 Å². The van der Waals surface area contributed by atoms with Crippen LogP contribution in [-0.2, 0) is 27.2 Å². The Morgan fingerprint density at radius 3 is 2.33 bits per heavy atom. The van der Waals surface area contributed by atoms with E-state index >= 15 is 0 Å². The lowest BCUT2D eigenvalue weighted by Gasteiger charge is -2.28. The molecule has 0 aliphatic heterocycles. The van der Waals surface area contributed by atoms with Gasteiger partial charge in [0.1, 0.15) is 0 Å². The second-order valence-electron chi connectivity index (χ2n) is 5.60. The normalized spacial score (nSPS) is 14.0. The maximum Gasteiger partial charge on any atom is 0.323 e. The van der Waals surface area contributed by atoms with E-state index in [1.54, 1.807) is 18.3 Å². The fraction of sp³-hybridized carbons (Fsp3) is 0.625. The molecular weight excluding hydrogens is 288 g/mol. The molecule has 1 rings (SSSR count). The number of aryl methyl sites for hydroxylation is 1. The molecule has 1 atom stereocenters. The minimum atomic E-state index is -1.49. The van der Waals surface area contributed by atoms with Crippen LogP contribution in [0.25, 0.3) is 0 Å². The van der Waals surface area contributed by atoms with Gasteiger partial charge in [-0.3, -0.25) is 9.59 Å². The van der Waals surface area contributed by atoms with Gasteiger partial charge in [-0.2, -0.15) is 0 Å². The van der Waals surface area contributed by atoms with Crippen LogP contribution >= 0.6 is 11.3 Å². The summed E-state index contributed by atoms with van der Waals surface area (Å²) in [7, 11) is 0. The van der Waals surface area contributed by atoms with Gasteiger partial charge < -0.3 is 9.84 Å². The molecule has 0 saturated carbocycles. The van der Waals surface area contributed by atoms with Gasteiger partial charge in [-0.05, 0) is 37.8 Å². The molecule has 0 aliphatic rings. The summed E-state index contributed by atoms with van der Waals surface area (Å²) in [5, 5.41) is 9.70. The smallest absolute Gasteiger partial charge is 0.323 e. The molecule has 1 aromatic heterocycles. The summed E-state index contributed by atoms with van der Waals surface area (Å²) in [6, 6.07) is 3.91. The van der Waals surface area contributed by atoms with E-state index in [0.717, 1.165) is 11.3 Å². The monoisotopic (exact) mass is 312 g/mol. The van der Waals surface area contributed by atoms with Crippen molar-refractivity contribution < 1.29 is 19.4 Å². The van der Waals surface area contributed by atoms with Crippen molar-refractivity contribution in [1.29, 1.82) is 0 Å². The Hall–Kier alpha value is -1.36. The highest BCUT2D eigenvalue weighted by Crippen LogP contribution is 2.35. The second kappa shape index (κ2) is 7.59. The summed E-state index contributed by atoms with van der Waals surface area (Å²) in [5.74, 6) is -1.63. The number of ether oxygens (including phenoxy) is 1. The van der Waals surface area contributed by atoms with Crippen molar-refractivity contribution >= 4 is 23.3 Å². The van der Waals surface area contributed by atoms with E-state index in [9.17, 15) is 14.7 Å². The van der Waals surface area contributed by atoms with Gasteiger partial charge in [0, 0.05) is 16.2 Å². The Kier molecular flexibility index (Phi) is 6.40. The third-order valence-electron chi connectivity index (χ3n) is 3.37. The third kappa shape index (κ3) is 4.30. The number of thiophene rings is 1. The molecule has 5 heteroatoms. The largest absolute Gasteiger partial charge is 0.480 e. The maximum atomic E-state index is 12.3. The Morgan fingerprint density at radius 1 is 1.29 bits per heavy atom. The second-order valence-corrected chi connectivity index (χ2v) is 6.86. The number of hydrogen-bond donors (Lipinski definition) is 1. The fourth-order valence-electron chi connectivity index (χ4n) is 2.45. The zero-order chi connectivity index (χ0) is 16.0. The quantitative estimate of drug-likeness (QED) is 0.589. The Morgan fingerprint density at radius 2 is 1.90 bits per heavy atom. The fourth-order valence-corrected chi connectivity index (χ4v) is 3.52. The lowest BCUT2D eigenvalue weighted by molar-refractivity contribution is -0.170. The molecule has 1 unspecified atom stereocenters. The molecule has 0 saturated heterocycles. The highest BCUT2D eigenvalue weighted by atomic mass is 32.1. The van der Waals surface area contributed by atoms with Gasteiger partial charge in [-0.1, -0.05) is 20.8 Å². The van der Waals surface area contributed by atoms with Gasteiger partial charge in [0.25, 0.3) is 0 Å². The number of aliphatic carboxylic acids is 1. The molecular formula is C16H24O4S. The summed E-state index contributed by atoms with van der Waals surface area (Å²) < 4.78 is 5.06. The molecule has 1 heterocycles. The van der Waals surface area contributed by atoms with E-state index < -0.39 is 17.4 Å². The molecule has 1 N–H and O–H groups in total. The van der Waals surface area contributed by atoms with E-state index in [1.165, 1.54) is 4.88 Å². The highest BCUT2D eigenvalue weighted by molar-refractivity contribution is 7.12. The van der Waals surface area contributed by atoms with Gasteiger partial charge in [0.2, 0.25) is 0 Å². The molecule has 0 amide bonds. The SMILES string of the molecule is CCOC(=O)C(Cc1ccc(CC)s1)(CC(C)C)C(=O)O. The lowest BCUT2D eigenvalue weighted by atomic mass is 9.77. The predicted molar refractivity (Wildman–Crippen MR) is 83.6 cm³/mol. The summed E-state index contributed by atoms with van der Waals surface area (Å²) >= 11 is 1.57. The zero-order valence-corrected chi connectivity index (χ0v) is 14.0. The number of carbonyl (C=O) groups excluding carboxylic acids is 1. The molecule has 0 spiro atoms. The molecule has 0 aromatic carbocycles. The molecule has 21 heavy (non-hydrogen) atoms. The molecule has 4 nitrogen and oxygen atoms in total. The van der Waals surface area contributed by atoms with E-state index in [-0.39, 0.29) is 25.4 Å². The molecule has 118 valence electrons. The number of carbonyl (C=O) groups is 2. The van der Waals surface area contributed by atoms with Crippen LogP contribution in [0.15, 0.2) is 12.1 Å². The summed E-state index contributed by atoms with van der Waals surface area (Å²) in [6.07, 6.45) is 1.39. The maximum absolute atomic E-state index is 12.3. The van der Waals surface area contributed by atoms with Crippen LogP contribution in [0.2, 0.25) is 0 Å². The summed E-state index contributed by atoms with van der Waals surface area (Å²) in [4.78, 5) is 26.3. The first-order chi connectivity index (χ1) is 9.85. The first-order valence-corrected chi connectivity index (χ1v) is 8.15. The Bertz CT molecular complexity index is 492. The van der Waals surface area contributed by atoms with Crippen molar-refractivity contribution in [2.24, 2.45) is 11.3 Å². The summed E-state index contributed by atoms with van der Waals surface area (Å²) in [5.41, 5.74) is -1.49. The Balaban J connectivity index is 3.14. The van der Waals surface area contributed by atoms with E-state index in [1.807, 2.05) is 26.0 Å². The topological polar surface area (TPSA) is 63.6 Å². The standard InChI is InChI=1S/C16H24O4S/c1-5-12-7-8-13(21-12)10-16(14(17)18,9-11(3)4)15(19)20-6-2/h7-8,11H,5-6,9-10H2,1-4H3,(H,17,18). The van der Waals surface area contributed by atoms with Crippen LogP contribution in [0, 0.1) is 11.3 Å². The third-order valence-corrected chi connectivity index (χ3v) is 4.60. The minimum absolute atomic E-state index is 0.0936. The molecule has 1 aromatic rings. The number of esters is 1. The molecule has 0 radical (unpaired) electrons.